The quantitative estimate of drug-likeness (QED) is 0.196. The molecule has 0 saturated carbocycles. The summed E-state index contributed by atoms with van der Waals surface area (Å²) in [6.45, 7) is 5.25. The summed E-state index contributed by atoms with van der Waals surface area (Å²) in [5, 5.41) is 9.30. The number of hydrogen-bond acceptors (Lipinski definition) is 7. The molecule has 0 aliphatic carbocycles. The van der Waals surface area contributed by atoms with Crippen LogP contribution in [0.5, 0.6) is 23.0 Å². The number of methoxy groups -OCH3 is 1. The number of carbonyl (C=O) groups is 2. The van der Waals surface area contributed by atoms with Crippen molar-refractivity contribution >= 4 is 12.1 Å². The molecular weight excluding hydrogens is 545 g/mol. The molecule has 0 fully saturated rings. The van der Waals surface area contributed by atoms with E-state index >= 15 is 0 Å². The van der Waals surface area contributed by atoms with E-state index in [1.807, 2.05) is 13.0 Å². The standard InChI is InChI=1S/C32H38FNO8/c1-4-39-30(31(35)36)22-24-8-12-26(13-9-24)41-20-18-34(17-5-6-19-40-27-14-10-25(33)11-15-27)32(37)42-29-21-23(2)7-16-28(29)38-3/h7-16,21,30H,4-6,17-20,22H2,1-3H3,(H,35,36). The van der Waals surface area contributed by atoms with Crippen LogP contribution in [0.25, 0.3) is 0 Å². The monoisotopic (exact) mass is 583 g/mol. The summed E-state index contributed by atoms with van der Waals surface area (Å²) in [4.78, 5) is 26.1. The predicted molar refractivity (Wildman–Crippen MR) is 155 cm³/mol. The van der Waals surface area contributed by atoms with Crippen LogP contribution < -0.4 is 18.9 Å². The zero-order valence-corrected chi connectivity index (χ0v) is 24.2. The van der Waals surface area contributed by atoms with E-state index in [0.29, 0.717) is 55.6 Å². The second-order valence-corrected chi connectivity index (χ2v) is 9.50. The Labute approximate surface area is 245 Å². The highest BCUT2D eigenvalue weighted by atomic mass is 19.1. The van der Waals surface area contributed by atoms with Crippen LogP contribution in [0.15, 0.2) is 66.7 Å². The fourth-order valence-corrected chi connectivity index (χ4v) is 4.07. The van der Waals surface area contributed by atoms with Crippen molar-refractivity contribution in [2.75, 3.05) is 40.0 Å². The summed E-state index contributed by atoms with van der Waals surface area (Å²) in [6, 6.07) is 18.3. The number of hydrogen-bond donors (Lipinski definition) is 1. The van der Waals surface area contributed by atoms with Crippen molar-refractivity contribution in [2.24, 2.45) is 0 Å². The highest BCUT2D eigenvalue weighted by Crippen LogP contribution is 2.28. The summed E-state index contributed by atoms with van der Waals surface area (Å²) in [5.41, 5.74) is 1.73. The summed E-state index contributed by atoms with van der Waals surface area (Å²) in [5.74, 6) is 0.615. The number of unbranched alkanes of at least 4 members (excludes halogenated alkanes) is 1. The van der Waals surface area contributed by atoms with Crippen molar-refractivity contribution in [1.82, 2.24) is 4.90 Å². The van der Waals surface area contributed by atoms with Gasteiger partial charge in [-0.25, -0.2) is 14.0 Å². The molecular formula is C32H38FNO8. The van der Waals surface area contributed by atoms with Crippen molar-refractivity contribution in [3.63, 3.8) is 0 Å². The van der Waals surface area contributed by atoms with Crippen molar-refractivity contribution in [3.05, 3.63) is 83.7 Å². The molecule has 0 saturated heterocycles. The Morgan fingerprint density at radius 1 is 0.881 bits per heavy atom. The first-order chi connectivity index (χ1) is 20.3. The number of rotatable bonds is 17. The Morgan fingerprint density at radius 2 is 1.55 bits per heavy atom. The van der Waals surface area contributed by atoms with Crippen LogP contribution in [0.2, 0.25) is 0 Å². The van der Waals surface area contributed by atoms with E-state index in [1.54, 1.807) is 60.4 Å². The van der Waals surface area contributed by atoms with Crippen LogP contribution in [0.1, 0.15) is 30.9 Å². The molecule has 9 nitrogen and oxygen atoms in total. The second-order valence-electron chi connectivity index (χ2n) is 9.50. The third-order valence-corrected chi connectivity index (χ3v) is 6.30. The average Bonchev–Trinajstić information content (AvgIpc) is 2.97. The molecule has 0 aliphatic heterocycles. The molecule has 3 aromatic carbocycles. The zero-order chi connectivity index (χ0) is 30.3. The molecule has 1 amide bonds. The SMILES string of the molecule is CCOC(Cc1ccc(OCCN(CCCCOc2ccc(F)cc2)C(=O)Oc2cc(C)ccc2OC)cc1)C(=O)O. The largest absolute Gasteiger partial charge is 0.494 e. The molecule has 3 rings (SSSR count). The van der Waals surface area contributed by atoms with E-state index in [9.17, 15) is 19.1 Å². The smallest absolute Gasteiger partial charge is 0.415 e. The average molecular weight is 584 g/mol. The topological polar surface area (TPSA) is 104 Å². The van der Waals surface area contributed by atoms with E-state index < -0.39 is 18.2 Å². The molecule has 3 aromatic rings. The third-order valence-electron chi connectivity index (χ3n) is 6.30. The van der Waals surface area contributed by atoms with E-state index in [0.717, 1.165) is 11.1 Å². The summed E-state index contributed by atoms with van der Waals surface area (Å²) in [7, 11) is 1.51. The van der Waals surface area contributed by atoms with Crippen molar-refractivity contribution in [3.8, 4) is 23.0 Å². The van der Waals surface area contributed by atoms with Gasteiger partial charge in [-0.1, -0.05) is 18.2 Å². The maximum Gasteiger partial charge on any atom is 0.415 e. The van der Waals surface area contributed by atoms with Crippen LogP contribution in [0, 0.1) is 12.7 Å². The Bertz CT molecular complexity index is 1270. The van der Waals surface area contributed by atoms with Crippen molar-refractivity contribution < 1.29 is 42.8 Å². The molecule has 0 heterocycles. The first-order valence-electron chi connectivity index (χ1n) is 13.8. The van der Waals surface area contributed by atoms with Crippen LogP contribution in [0.3, 0.4) is 0 Å². The molecule has 0 aromatic heterocycles. The van der Waals surface area contributed by atoms with Crippen LogP contribution >= 0.6 is 0 Å². The fraction of sp³-hybridized carbons (Fsp3) is 0.375. The molecule has 10 heteroatoms. The number of ether oxygens (including phenoxy) is 5. The lowest BCUT2D eigenvalue weighted by Gasteiger charge is -2.23. The first kappa shape index (κ1) is 32.2. The molecule has 226 valence electrons. The Hall–Kier alpha value is -4.31. The number of amides is 1. The van der Waals surface area contributed by atoms with Gasteiger partial charge in [0.25, 0.3) is 0 Å². The van der Waals surface area contributed by atoms with Crippen LogP contribution in [0.4, 0.5) is 9.18 Å². The van der Waals surface area contributed by atoms with Gasteiger partial charge < -0.3 is 33.7 Å². The van der Waals surface area contributed by atoms with Gasteiger partial charge in [-0.3, -0.25) is 0 Å². The Kier molecular flexibility index (Phi) is 12.9. The minimum atomic E-state index is -1.01. The van der Waals surface area contributed by atoms with Gasteiger partial charge in [-0.2, -0.15) is 0 Å². The maximum absolute atomic E-state index is 13.2. The number of nitrogens with zero attached hydrogens (tertiary/aromatic N) is 1. The fourth-order valence-electron chi connectivity index (χ4n) is 4.07. The molecule has 0 aliphatic rings. The van der Waals surface area contributed by atoms with Gasteiger partial charge in [0.05, 0.1) is 20.3 Å². The zero-order valence-electron chi connectivity index (χ0n) is 24.2. The van der Waals surface area contributed by atoms with Gasteiger partial charge in [-0.05, 0) is 86.3 Å². The third kappa shape index (κ3) is 10.6. The number of aliphatic carboxylic acids is 1. The highest BCUT2D eigenvalue weighted by molar-refractivity contribution is 5.73. The predicted octanol–water partition coefficient (Wildman–Crippen LogP) is 5.91. The Morgan fingerprint density at radius 3 is 2.19 bits per heavy atom. The summed E-state index contributed by atoms with van der Waals surface area (Å²) in [6.07, 6.45) is 0.107. The van der Waals surface area contributed by atoms with Crippen LogP contribution in [-0.2, 0) is 16.0 Å². The number of carbonyl (C=O) groups excluding carboxylic acids is 1. The molecule has 1 atom stereocenters. The highest BCUT2D eigenvalue weighted by Gasteiger charge is 2.19. The van der Waals surface area contributed by atoms with Gasteiger partial charge in [0, 0.05) is 19.6 Å². The maximum atomic E-state index is 13.2. The van der Waals surface area contributed by atoms with Crippen molar-refractivity contribution in [2.45, 2.75) is 39.2 Å². The van der Waals surface area contributed by atoms with Crippen LogP contribution in [-0.4, -0.2) is 68.2 Å². The normalized spacial score (nSPS) is 11.4. The first-order valence-corrected chi connectivity index (χ1v) is 13.8. The van der Waals surface area contributed by atoms with E-state index in [-0.39, 0.29) is 25.4 Å². The van der Waals surface area contributed by atoms with E-state index in [2.05, 4.69) is 0 Å². The lowest BCUT2D eigenvalue weighted by molar-refractivity contribution is -0.149. The molecule has 0 radical (unpaired) electrons. The van der Waals surface area contributed by atoms with Gasteiger partial charge >= 0.3 is 12.1 Å². The van der Waals surface area contributed by atoms with Gasteiger partial charge in [0.1, 0.15) is 23.9 Å². The lowest BCUT2D eigenvalue weighted by atomic mass is 10.1. The number of halogens is 1. The second kappa shape index (κ2) is 16.8. The lowest BCUT2D eigenvalue weighted by Crippen LogP contribution is -2.37. The van der Waals surface area contributed by atoms with Crippen molar-refractivity contribution in [1.29, 1.82) is 0 Å². The number of carboxylic acids is 1. The molecule has 1 N–H and O–H groups in total. The minimum absolute atomic E-state index is 0.210. The molecule has 42 heavy (non-hydrogen) atoms. The van der Waals surface area contributed by atoms with Gasteiger partial charge in [0.15, 0.2) is 17.6 Å². The summed E-state index contributed by atoms with van der Waals surface area (Å²) >= 11 is 0. The molecule has 1 unspecified atom stereocenters. The van der Waals surface area contributed by atoms with E-state index in [1.165, 1.54) is 19.2 Å². The number of aryl methyl sites for hydroxylation is 1. The van der Waals surface area contributed by atoms with Gasteiger partial charge in [0.2, 0.25) is 0 Å². The number of benzene rings is 3. The minimum Gasteiger partial charge on any atom is -0.494 e. The summed E-state index contributed by atoms with van der Waals surface area (Å²) < 4.78 is 40.9. The van der Waals surface area contributed by atoms with E-state index in [4.69, 9.17) is 23.7 Å². The van der Waals surface area contributed by atoms with Gasteiger partial charge in [-0.15, -0.1) is 0 Å². The number of carboxylic acid groups (broad SMARTS) is 1. The Balaban J connectivity index is 1.56. The molecule has 0 spiro atoms. The molecule has 0 bridgehead atoms.